The third-order valence-electron chi connectivity index (χ3n) is 3.70. The Morgan fingerprint density at radius 3 is 2.70 bits per heavy atom. The Balaban J connectivity index is 1.98. The fourth-order valence-corrected chi connectivity index (χ4v) is 2.45. The zero-order valence-electron chi connectivity index (χ0n) is 11.6. The Labute approximate surface area is 117 Å². The number of hydrazine groups is 1. The Morgan fingerprint density at radius 2 is 2.10 bits per heavy atom. The highest BCUT2D eigenvalue weighted by atomic mass is 16.2. The Hall–Kier alpha value is -2.50. The molecule has 1 aliphatic heterocycles. The summed E-state index contributed by atoms with van der Waals surface area (Å²) in [6.07, 6.45) is 2.31. The van der Waals surface area contributed by atoms with Crippen molar-refractivity contribution >= 4 is 17.4 Å². The van der Waals surface area contributed by atoms with Gasteiger partial charge in [0, 0.05) is 32.6 Å². The molecular formula is C14H17N5O. The van der Waals surface area contributed by atoms with Crippen LogP contribution in [-0.2, 0) is 11.8 Å². The van der Waals surface area contributed by atoms with E-state index in [-0.39, 0.29) is 5.91 Å². The van der Waals surface area contributed by atoms with E-state index in [1.807, 2.05) is 36.3 Å². The van der Waals surface area contributed by atoms with Crippen LogP contribution in [0.2, 0.25) is 0 Å². The number of nitrogen functional groups attached to an aromatic ring is 1. The second kappa shape index (κ2) is 4.56. The quantitative estimate of drug-likeness (QED) is 0.892. The van der Waals surface area contributed by atoms with Gasteiger partial charge >= 0.3 is 0 Å². The van der Waals surface area contributed by atoms with Crippen LogP contribution in [0.3, 0.4) is 0 Å². The zero-order chi connectivity index (χ0) is 14.3. The highest BCUT2D eigenvalue weighted by Gasteiger charge is 2.25. The first kappa shape index (κ1) is 12.5. The lowest BCUT2D eigenvalue weighted by Gasteiger charge is -2.26. The van der Waals surface area contributed by atoms with Crippen molar-refractivity contribution in [3.05, 3.63) is 30.5 Å². The van der Waals surface area contributed by atoms with Gasteiger partial charge in [0.25, 0.3) is 0 Å². The van der Waals surface area contributed by atoms with Crippen molar-refractivity contribution in [2.24, 2.45) is 7.05 Å². The van der Waals surface area contributed by atoms with Crippen molar-refractivity contribution in [3.8, 4) is 11.1 Å². The summed E-state index contributed by atoms with van der Waals surface area (Å²) in [4.78, 5) is 11.6. The molecule has 0 atom stereocenters. The molecular weight excluding hydrogens is 254 g/mol. The van der Waals surface area contributed by atoms with E-state index < -0.39 is 0 Å². The second-order valence-electron chi connectivity index (χ2n) is 4.91. The number of rotatable bonds is 2. The largest absolute Gasteiger partial charge is 0.383 e. The van der Waals surface area contributed by atoms with E-state index in [0.29, 0.717) is 18.8 Å². The molecule has 0 spiro atoms. The molecule has 2 aromatic rings. The lowest BCUT2D eigenvalue weighted by atomic mass is 10.1. The van der Waals surface area contributed by atoms with Crippen molar-refractivity contribution in [1.82, 2.24) is 14.8 Å². The van der Waals surface area contributed by atoms with Crippen LogP contribution in [0, 0.1) is 0 Å². The van der Waals surface area contributed by atoms with E-state index in [1.54, 1.807) is 22.9 Å². The maximum absolute atomic E-state index is 11.6. The molecule has 1 aliphatic rings. The fraction of sp³-hybridized carbons (Fsp3) is 0.286. The molecule has 2 N–H and O–H groups in total. The summed E-state index contributed by atoms with van der Waals surface area (Å²) in [6.45, 7) is 0.710. The maximum Gasteiger partial charge on any atom is 0.242 e. The van der Waals surface area contributed by atoms with Gasteiger partial charge in [-0.05, 0) is 17.7 Å². The number of carbonyl (C=O) groups is 1. The number of hydrogen-bond donors (Lipinski definition) is 1. The molecule has 3 rings (SSSR count). The minimum atomic E-state index is 0.135. The van der Waals surface area contributed by atoms with Gasteiger partial charge in [-0.3, -0.25) is 19.5 Å². The molecule has 1 amide bonds. The summed E-state index contributed by atoms with van der Waals surface area (Å²) in [6, 6.07) is 7.98. The van der Waals surface area contributed by atoms with Gasteiger partial charge < -0.3 is 5.73 Å². The first-order valence-corrected chi connectivity index (χ1v) is 6.50. The third-order valence-corrected chi connectivity index (χ3v) is 3.70. The molecule has 104 valence electrons. The Morgan fingerprint density at radius 1 is 1.30 bits per heavy atom. The smallest absolute Gasteiger partial charge is 0.242 e. The van der Waals surface area contributed by atoms with Crippen molar-refractivity contribution in [3.63, 3.8) is 0 Å². The normalized spacial score (nSPS) is 15.2. The van der Waals surface area contributed by atoms with Gasteiger partial charge in [0.15, 0.2) is 0 Å². The molecule has 1 aromatic carbocycles. The highest BCUT2D eigenvalue weighted by Crippen LogP contribution is 2.30. The molecule has 0 bridgehead atoms. The number of hydrogen-bond acceptors (Lipinski definition) is 4. The van der Waals surface area contributed by atoms with Crippen molar-refractivity contribution in [1.29, 1.82) is 0 Å². The van der Waals surface area contributed by atoms with E-state index in [2.05, 4.69) is 5.10 Å². The predicted molar refractivity (Wildman–Crippen MR) is 77.8 cm³/mol. The van der Waals surface area contributed by atoms with Crippen LogP contribution in [0.5, 0.6) is 0 Å². The van der Waals surface area contributed by atoms with Crippen LogP contribution in [-0.4, -0.2) is 34.3 Å². The summed E-state index contributed by atoms with van der Waals surface area (Å²) < 4.78 is 1.65. The van der Waals surface area contributed by atoms with Crippen LogP contribution in [0.15, 0.2) is 30.5 Å². The van der Waals surface area contributed by atoms with Crippen molar-refractivity contribution in [2.75, 3.05) is 24.3 Å². The number of anilines is 2. The van der Waals surface area contributed by atoms with Gasteiger partial charge in [-0.15, -0.1) is 0 Å². The van der Waals surface area contributed by atoms with Gasteiger partial charge in [-0.2, -0.15) is 5.10 Å². The van der Waals surface area contributed by atoms with Gasteiger partial charge in [0.05, 0.1) is 11.9 Å². The molecule has 0 saturated carbocycles. The van der Waals surface area contributed by atoms with Crippen LogP contribution >= 0.6 is 0 Å². The monoisotopic (exact) mass is 271 g/mol. The fourth-order valence-electron chi connectivity index (χ4n) is 2.45. The average Bonchev–Trinajstić information content (AvgIpc) is 2.95. The molecule has 0 unspecified atom stereocenters. The minimum absolute atomic E-state index is 0.135. The molecule has 0 radical (unpaired) electrons. The van der Waals surface area contributed by atoms with Gasteiger partial charge in [-0.25, -0.2) is 0 Å². The lowest BCUT2D eigenvalue weighted by molar-refractivity contribution is -0.126. The third kappa shape index (κ3) is 1.89. The van der Waals surface area contributed by atoms with E-state index in [1.165, 1.54) is 0 Å². The van der Waals surface area contributed by atoms with Crippen LogP contribution in [0.25, 0.3) is 11.1 Å². The number of nitrogens with two attached hydrogens (primary N) is 1. The Bertz CT molecular complexity index is 663. The molecule has 20 heavy (non-hydrogen) atoms. The topological polar surface area (TPSA) is 67.4 Å². The van der Waals surface area contributed by atoms with E-state index >= 15 is 0 Å². The van der Waals surface area contributed by atoms with Crippen LogP contribution in [0.1, 0.15) is 6.42 Å². The molecule has 1 saturated heterocycles. The minimum Gasteiger partial charge on any atom is -0.383 e. The lowest BCUT2D eigenvalue weighted by Crippen LogP contribution is -2.35. The summed E-state index contributed by atoms with van der Waals surface area (Å²) in [5.74, 6) is 0.768. The number of benzene rings is 1. The summed E-state index contributed by atoms with van der Waals surface area (Å²) in [5, 5.41) is 7.79. The first-order valence-electron chi connectivity index (χ1n) is 6.50. The number of carbonyl (C=O) groups excluding carboxylic acids is 1. The zero-order valence-corrected chi connectivity index (χ0v) is 11.6. The maximum atomic E-state index is 11.6. The molecule has 6 nitrogen and oxygen atoms in total. The molecule has 0 aliphatic carbocycles. The summed E-state index contributed by atoms with van der Waals surface area (Å²) in [7, 11) is 3.61. The highest BCUT2D eigenvalue weighted by molar-refractivity contribution is 5.82. The summed E-state index contributed by atoms with van der Waals surface area (Å²) in [5.41, 5.74) is 8.90. The van der Waals surface area contributed by atoms with Crippen molar-refractivity contribution in [2.45, 2.75) is 6.42 Å². The standard InChI is InChI=1S/C14H17N5O/c1-17-14(15)12(9-16-17)10-4-3-5-11(8-10)19-7-6-13(20)18(19)2/h3-5,8-9H,6-7,15H2,1-2H3. The second-order valence-corrected chi connectivity index (χ2v) is 4.91. The number of aryl methyl sites for hydroxylation is 1. The van der Waals surface area contributed by atoms with Gasteiger partial charge in [0.1, 0.15) is 5.82 Å². The predicted octanol–water partition coefficient (Wildman–Crippen LogP) is 1.25. The van der Waals surface area contributed by atoms with E-state index in [0.717, 1.165) is 16.8 Å². The SMILES string of the molecule is CN1C(=O)CCN1c1cccc(-c2cnn(C)c2N)c1. The van der Waals surface area contributed by atoms with Gasteiger partial charge in [-0.1, -0.05) is 12.1 Å². The van der Waals surface area contributed by atoms with Crippen LogP contribution in [0.4, 0.5) is 11.5 Å². The number of aromatic nitrogens is 2. The van der Waals surface area contributed by atoms with Crippen LogP contribution < -0.4 is 10.7 Å². The molecule has 1 aromatic heterocycles. The number of nitrogens with zero attached hydrogens (tertiary/aromatic N) is 4. The molecule has 2 heterocycles. The Kier molecular flexibility index (Phi) is 2.85. The van der Waals surface area contributed by atoms with Crippen molar-refractivity contribution < 1.29 is 4.79 Å². The molecule has 1 fully saturated rings. The molecule has 6 heteroatoms. The summed E-state index contributed by atoms with van der Waals surface area (Å²) >= 11 is 0. The van der Waals surface area contributed by atoms with Gasteiger partial charge in [0.2, 0.25) is 5.91 Å². The van der Waals surface area contributed by atoms with E-state index in [9.17, 15) is 4.79 Å². The average molecular weight is 271 g/mol. The number of amides is 1. The first-order chi connectivity index (χ1) is 9.58. The van der Waals surface area contributed by atoms with E-state index in [4.69, 9.17) is 5.73 Å².